The Kier molecular flexibility index (Phi) is 9.76. The molecule has 4 aromatic rings. The quantitative estimate of drug-likeness (QED) is 0.180. The first-order valence-corrected chi connectivity index (χ1v) is 16.0. The number of benzene rings is 3. The van der Waals surface area contributed by atoms with Gasteiger partial charge in [0.2, 0.25) is 0 Å². The van der Waals surface area contributed by atoms with Crippen molar-refractivity contribution in [1.29, 1.82) is 0 Å². The fourth-order valence-electron chi connectivity index (χ4n) is 4.55. The smallest absolute Gasteiger partial charge is 0.434 e. The van der Waals surface area contributed by atoms with Gasteiger partial charge in [0, 0.05) is 25.6 Å². The standard InChI is InChI=1S/C30H19Br2Cl2F3N2O4S/c1-2-42-28(41)23-24(15-7-9-19(33)10-8-15)39-27(40)22(44-29(39)38-26(23)30(35,36)37)12-17-11-18(31)13-20(32)25(17)43-14-16-5-3-4-6-21(16)34/h3-13,24H,2,14H2,1H3/b22-12-/t24-/m1/s1. The Morgan fingerprint density at radius 1 is 1.11 bits per heavy atom. The van der Waals surface area contributed by atoms with Gasteiger partial charge in [0.05, 0.1) is 27.2 Å². The molecular formula is C30H19Br2Cl2F3N2O4S. The van der Waals surface area contributed by atoms with E-state index in [1.807, 2.05) is 12.1 Å². The van der Waals surface area contributed by atoms with Crippen LogP contribution in [0.1, 0.15) is 29.7 Å². The first kappa shape index (κ1) is 32.5. The molecule has 3 aromatic carbocycles. The van der Waals surface area contributed by atoms with Crippen molar-refractivity contribution in [3.8, 4) is 5.75 Å². The molecule has 0 saturated heterocycles. The number of allylic oxidation sites excluding steroid dienone is 1. The predicted molar refractivity (Wildman–Crippen MR) is 170 cm³/mol. The van der Waals surface area contributed by atoms with Crippen molar-refractivity contribution >= 4 is 78.4 Å². The molecule has 0 spiro atoms. The third-order valence-electron chi connectivity index (χ3n) is 6.43. The summed E-state index contributed by atoms with van der Waals surface area (Å²) < 4.78 is 56.6. The van der Waals surface area contributed by atoms with Gasteiger partial charge in [-0.1, -0.05) is 80.8 Å². The van der Waals surface area contributed by atoms with E-state index >= 15 is 0 Å². The molecule has 2 heterocycles. The molecule has 14 heteroatoms. The lowest BCUT2D eigenvalue weighted by molar-refractivity contribution is -0.140. The first-order valence-electron chi connectivity index (χ1n) is 12.8. The highest BCUT2D eigenvalue weighted by Crippen LogP contribution is 2.39. The number of rotatable bonds is 7. The third kappa shape index (κ3) is 6.69. The minimum Gasteiger partial charge on any atom is -0.487 e. The Hall–Kier alpha value is -2.90. The molecule has 0 saturated carbocycles. The number of carbonyl (C=O) groups excluding carboxylic acids is 1. The number of ether oxygens (including phenoxy) is 2. The van der Waals surface area contributed by atoms with Crippen molar-refractivity contribution in [2.75, 3.05) is 6.61 Å². The maximum absolute atomic E-state index is 14.4. The highest BCUT2D eigenvalue weighted by Gasteiger charge is 2.45. The Morgan fingerprint density at radius 3 is 2.48 bits per heavy atom. The molecule has 5 rings (SSSR count). The Balaban J connectivity index is 1.72. The van der Waals surface area contributed by atoms with E-state index in [0.29, 0.717) is 30.3 Å². The van der Waals surface area contributed by atoms with Gasteiger partial charge >= 0.3 is 12.1 Å². The van der Waals surface area contributed by atoms with E-state index in [1.54, 1.807) is 24.3 Å². The molecule has 0 N–H and O–H groups in total. The second-order valence-corrected chi connectivity index (χ2v) is 12.9. The van der Waals surface area contributed by atoms with Crippen LogP contribution >= 0.6 is 66.4 Å². The fourth-order valence-corrected chi connectivity index (χ4v) is 7.23. The molecule has 44 heavy (non-hydrogen) atoms. The number of thiazole rings is 1. The van der Waals surface area contributed by atoms with Gasteiger partial charge in [0.25, 0.3) is 5.56 Å². The molecule has 1 aliphatic rings. The number of fused-ring (bicyclic) bond motifs is 1. The van der Waals surface area contributed by atoms with E-state index in [9.17, 15) is 22.8 Å². The largest absolute Gasteiger partial charge is 0.487 e. The van der Waals surface area contributed by atoms with Crippen LogP contribution in [0.2, 0.25) is 10.0 Å². The van der Waals surface area contributed by atoms with Crippen LogP contribution in [0.3, 0.4) is 0 Å². The molecule has 0 amide bonds. The van der Waals surface area contributed by atoms with Crippen LogP contribution in [0, 0.1) is 0 Å². The lowest BCUT2D eigenvalue weighted by Crippen LogP contribution is -2.41. The van der Waals surface area contributed by atoms with Crippen molar-refractivity contribution in [1.82, 2.24) is 4.57 Å². The number of carbonyl (C=O) groups is 1. The molecule has 1 aliphatic heterocycles. The predicted octanol–water partition coefficient (Wildman–Crippen LogP) is 7.75. The minimum atomic E-state index is -5.02. The minimum absolute atomic E-state index is 0.0574. The summed E-state index contributed by atoms with van der Waals surface area (Å²) in [6.07, 6.45) is -3.52. The van der Waals surface area contributed by atoms with Gasteiger partial charge in [-0.25, -0.2) is 9.79 Å². The molecule has 0 radical (unpaired) electrons. The average molecular weight is 791 g/mol. The Bertz CT molecular complexity index is 1980. The second-order valence-electron chi connectivity index (χ2n) is 9.30. The van der Waals surface area contributed by atoms with Crippen LogP contribution in [-0.2, 0) is 16.1 Å². The number of alkyl halides is 3. The highest BCUT2D eigenvalue weighted by atomic mass is 79.9. The lowest BCUT2D eigenvalue weighted by atomic mass is 9.95. The number of esters is 1. The van der Waals surface area contributed by atoms with Crippen LogP contribution in [0.15, 0.2) is 90.7 Å². The van der Waals surface area contributed by atoms with E-state index in [4.69, 9.17) is 32.7 Å². The molecule has 228 valence electrons. The summed E-state index contributed by atoms with van der Waals surface area (Å²) >= 11 is 20.0. The molecule has 1 atom stereocenters. The van der Waals surface area contributed by atoms with Crippen molar-refractivity contribution in [2.24, 2.45) is 4.99 Å². The van der Waals surface area contributed by atoms with Crippen LogP contribution < -0.4 is 19.6 Å². The summed E-state index contributed by atoms with van der Waals surface area (Å²) in [6.45, 7) is 1.40. The zero-order chi connectivity index (χ0) is 31.8. The zero-order valence-corrected chi connectivity index (χ0v) is 27.9. The van der Waals surface area contributed by atoms with Crippen molar-refractivity contribution in [2.45, 2.75) is 25.7 Å². The number of aromatic nitrogens is 1. The highest BCUT2D eigenvalue weighted by molar-refractivity contribution is 9.11. The molecule has 0 aliphatic carbocycles. The van der Waals surface area contributed by atoms with Gasteiger partial charge in [0.15, 0.2) is 10.5 Å². The topological polar surface area (TPSA) is 69.9 Å². The average Bonchev–Trinajstić information content (AvgIpc) is 3.27. The van der Waals surface area contributed by atoms with Crippen molar-refractivity contribution in [3.05, 3.63) is 127 Å². The van der Waals surface area contributed by atoms with E-state index in [2.05, 4.69) is 36.9 Å². The van der Waals surface area contributed by atoms with E-state index in [-0.39, 0.29) is 28.1 Å². The summed E-state index contributed by atoms with van der Waals surface area (Å²) in [4.78, 5) is 30.6. The van der Waals surface area contributed by atoms with Crippen molar-refractivity contribution < 1.29 is 27.4 Å². The number of halogens is 7. The van der Waals surface area contributed by atoms with Crippen LogP contribution in [0.5, 0.6) is 5.75 Å². The van der Waals surface area contributed by atoms with Crippen LogP contribution in [0.4, 0.5) is 13.2 Å². The summed E-state index contributed by atoms with van der Waals surface area (Å²) in [7, 11) is 0. The molecule has 0 fully saturated rings. The maximum Gasteiger partial charge on any atom is 0.434 e. The summed E-state index contributed by atoms with van der Waals surface area (Å²) in [5.74, 6) is -0.861. The van der Waals surface area contributed by atoms with Gasteiger partial charge in [-0.05, 0) is 64.8 Å². The third-order valence-corrected chi connectivity index (χ3v) is 9.08. The maximum atomic E-state index is 14.4. The summed E-state index contributed by atoms with van der Waals surface area (Å²) in [5.41, 5.74) is -1.50. The number of hydrogen-bond acceptors (Lipinski definition) is 6. The summed E-state index contributed by atoms with van der Waals surface area (Å²) in [6, 6.07) is 15.0. The summed E-state index contributed by atoms with van der Waals surface area (Å²) in [5, 5.41) is 0.832. The van der Waals surface area contributed by atoms with E-state index < -0.39 is 35.0 Å². The van der Waals surface area contributed by atoms with Crippen LogP contribution in [0.25, 0.3) is 6.08 Å². The van der Waals surface area contributed by atoms with Gasteiger partial charge < -0.3 is 9.47 Å². The van der Waals surface area contributed by atoms with Gasteiger partial charge in [0.1, 0.15) is 12.4 Å². The van der Waals surface area contributed by atoms with Gasteiger partial charge in [-0.15, -0.1) is 0 Å². The molecule has 0 unspecified atom stereocenters. The molecule has 6 nitrogen and oxygen atoms in total. The van der Waals surface area contributed by atoms with Crippen molar-refractivity contribution in [3.63, 3.8) is 0 Å². The normalized spacial score (nSPS) is 15.2. The monoisotopic (exact) mass is 788 g/mol. The first-order chi connectivity index (χ1) is 20.9. The van der Waals surface area contributed by atoms with E-state index in [0.717, 1.165) is 21.5 Å². The number of hydrogen-bond donors (Lipinski definition) is 0. The zero-order valence-electron chi connectivity index (χ0n) is 22.4. The lowest BCUT2D eigenvalue weighted by Gasteiger charge is -2.26. The molecule has 1 aromatic heterocycles. The molecular weight excluding hydrogens is 772 g/mol. The van der Waals surface area contributed by atoms with Gasteiger partial charge in [-0.3, -0.25) is 9.36 Å². The fraction of sp³-hybridized carbons (Fsp3) is 0.167. The number of nitrogens with zero attached hydrogens (tertiary/aromatic N) is 2. The Labute approximate surface area is 279 Å². The second kappa shape index (κ2) is 13.2. The SMILES string of the molecule is CCOC(=O)C1=C(C(F)(F)F)N=c2s/c(=C\c3cc(Br)cc(Br)c3OCc3ccccc3Cl)c(=O)n2[C@@H]1c1ccc(Cl)cc1. The van der Waals surface area contributed by atoms with Gasteiger partial charge in [-0.2, -0.15) is 13.2 Å². The Morgan fingerprint density at radius 2 is 1.82 bits per heavy atom. The molecule has 0 bridgehead atoms. The van der Waals surface area contributed by atoms with Crippen LogP contribution in [-0.4, -0.2) is 23.3 Å². The van der Waals surface area contributed by atoms with E-state index in [1.165, 1.54) is 37.3 Å².